The SMILES string of the molecule is CCCC[Si](Cl)(Cl)Cl.Cl[SiH](Cl)Cl. The zero-order valence-corrected chi connectivity index (χ0v) is 13.2. The normalized spacial score (nSPS) is 11.0. The third-order valence-electron chi connectivity index (χ3n) is 0.814. The van der Waals surface area contributed by atoms with Gasteiger partial charge in [0.05, 0.1) is 0 Å². The molecule has 0 heterocycles. The molecule has 0 unspecified atom stereocenters. The Kier molecular flexibility index (Phi) is 13.4. The van der Waals surface area contributed by atoms with Crippen molar-refractivity contribution in [2.75, 3.05) is 0 Å². The Morgan fingerprint density at radius 1 is 1.08 bits per heavy atom. The Morgan fingerprint density at radius 2 is 1.42 bits per heavy atom. The maximum absolute atomic E-state index is 5.58. The summed E-state index contributed by atoms with van der Waals surface area (Å²) in [5.74, 6) is 0. The fourth-order valence-electron chi connectivity index (χ4n) is 0.377. The van der Waals surface area contributed by atoms with Crippen molar-refractivity contribution >= 4 is 79.2 Å². The summed E-state index contributed by atoms with van der Waals surface area (Å²) in [4.78, 5) is 0. The molecule has 0 atom stereocenters. The van der Waals surface area contributed by atoms with E-state index in [1.165, 1.54) is 0 Å². The molecule has 0 saturated carbocycles. The van der Waals surface area contributed by atoms with Gasteiger partial charge in [-0.05, 0) is 6.04 Å². The van der Waals surface area contributed by atoms with E-state index in [1.54, 1.807) is 0 Å². The maximum atomic E-state index is 5.58. The summed E-state index contributed by atoms with van der Waals surface area (Å²) in [5, 5.41) is 0. The molecule has 0 aliphatic carbocycles. The lowest BCUT2D eigenvalue weighted by Crippen LogP contribution is -2.07. The molecule has 12 heavy (non-hydrogen) atoms. The first kappa shape index (κ1) is 16.6. The molecular weight excluding hydrogens is 317 g/mol. The third-order valence-corrected chi connectivity index (χ3v) is 3.44. The van der Waals surface area contributed by atoms with Crippen LogP contribution in [0.25, 0.3) is 0 Å². The van der Waals surface area contributed by atoms with E-state index in [4.69, 9.17) is 66.5 Å². The number of unbranched alkanes of at least 4 members (excludes halogenated alkanes) is 1. The molecule has 0 aromatic heterocycles. The van der Waals surface area contributed by atoms with Crippen molar-refractivity contribution in [1.82, 2.24) is 0 Å². The second kappa shape index (κ2) is 9.72. The first-order chi connectivity index (χ1) is 5.29. The minimum absolute atomic E-state index is 0.800. The van der Waals surface area contributed by atoms with Gasteiger partial charge < -0.3 is 0 Å². The molecule has 0 spiro atoms. The molecule has 76 valence electrons. The standard InChI is InChI=1S/C4H9Cl3Si.Cl3HSi/c1-2-3-4-8(5,6)7;1-4(2)3/h2-4H2,1H3;4H. The number of hydrogen-bond donors (Lipinski definition) is 0. The minimum atomic E-state index is -2.26. The largest absolute Gasteiger partial charge is 0.341 e. The van der Waals surface area contributed by atoms with Crippen molar-refractivity contribution in [2.24, 2.45) is 0 Å². The molecule has 0 amide bonds. The molecular formula is C4H10Cl6Si2. The zero-order chi connectivity index (χ0) is 10.2. The fraction of sp³-hybridized carbons (Fsp3) is 1.00. The van der Waals surface area contributed by atoms with Gasteiger partial charge in [0.1, 0.15) is 0 Å². The van der Waals surface area contributed by atoms with Crippen LogP contribution in [0, 0.1) is 0 Å². The van der Waals surface area contributed by atoms with Gasteiger partial charge in [0.25, 0.3) is 0 Å². The van der Waals surface area contributed by atoms with Crippen LogP contribution in [0.1, 0.15) is 19.8 Å². The Hall–Kier alpha value is 2.17. The number of hydrogen-bond acceptors (Lipinski definition) is 0. The van der Waals surface area contributed by atoms with Crippen molar-refractivity contribution in [2.45, 2.75) is 25.8 Å². The van der Waals surface area contributed by atoms with Gasteiger partial charge in [0.2, 0.25) is 0 Å². The summed E-state index contributed by atoms with van der Waals surface area (Å²) in [6.07, 6.45) is 2.16. The summed E-state index contributed by atoms with van der Waals surface area (Å²) < 4.78 is 0. The summed E-state index contributed by atoms with van der Waals surface area (Å²) in [7, 11) is 0. The molecule has 8 heteroatoms. The van der Waals surface area contributed by atoms with Crippen molar-refractivity contribution in [1.29, 1.82) is 0 Å². The van der Waals surface area contributed by atoms with Gasteiger partial charge in [-0.2, -0.15) is 0 Å². The number of halogens is 6. The average molecular weight is 327 g/mol. The highest BCUT2D eigenvalue weighted by Crippen LogP contribution is 2.26. The van der Waals surface area contributed by atoms with Gasteiger partial charge in [-0.15, -0.1) is 66.5 Å². The van der Waals surface area contributed by atoms with Crippen LogP contribution in [0.2, 0.25) is 6.04 Å². The van der Waals surface area contributed by atoms with Crippen molar-refractivity contribution in [3.05, 3.63) is 0 Å². The maximum Gasteiger partial charge on any atom is 0.341 e. The Balaban J connectivity index is 0. The topological polar surface area (TPSA) is 0 Å². The molecule has 0 aliphatic rings. The summed E-state index contributed by atoms with van der Waals surface area (Å²) >= 11 is 31.6. The highest BCUT2D eigenvalue weighted by atomic mass is 35.8. The molecule has 0 fully saturated rings. The van der Waals surface area contributed by atoms with E-state index in [0.29, 0.717) is 0 Å². The predicted molar refractivity (Wildman–Crippen MR) is 67.7 cm³/mol. The van der Waals surface area contributed by atoms with Crippen LogP contribution >= 0.6 is 66.5 Å². The second-order valence-electron chi connectivity index (χ2n) is 1.97. The highest BCUT2D eigenvalue weighted by Gasteiger charge is 2.22. The molecule has 0 rings (SSSR count). The lowest BCUT2D eigenvalue weighted by molar-refractivity contribution is 0.879. The third kappa shape index (κ3) is 29.5. The Labute approximate surface area is 104 Å². The lowest BCUT2D eigenvalue weighted by atomic mass is 10.4. The van der Waals surface area contributed by atoms with E-state index in [-0.39, 0.29) is 0 Å². The lowest BCUT2D eigenvalue weighted by Gasteiger charge is -2.03. The van der Waals surface area contributed by atoms with Gasteiger partial charge in [-0.3, -0.25) is 0 Å². The molecule has 0 aliphatic heterocycles. The minimum Gasteiger partial charge on any atom is -0.130 e. The van der Waals surface area contributed by atoms with Crippen LogP contribution in [-0.4, -0.2) is 12.7 Å². The van der Waals surface area contributed by atoms with Gasteiger partial charge in [0, 0.05) is 0 Å². The molecule has 0 radical (unpaired) electrons. The molecule has 0 aromatic carbocycles. The van der Waals surface area contributed by atoms with Crippen molar-refractivity contribution < 1.29 is 0 Å². The highest BCUT2D eigenvalue weighted by molar-refractivity contribution is 7.64. The van der Waals surface area contributed by atoms with E-state index in [2.05, 4.69) is 6.92 Å². The van der Waals surface area contributed by atoms with E-state index in [1.807, 2.05) is 0 Å². The smallest absolute Gasteiger partial charge is 0.130 e. The van der Waals surface area contributed by atoms with Crippen LogP contribution < -0.4 is 0 Å². The van der Waals surface area contributed by atoms with E-state index >= 15 is 0 Å². The first-order valence-corrected chi connectivity index (χ1v) is 13.8. The summed E-state index contributed by atoms with van der Waals surface area (Å²) in [5.41, 5.74) is 0. The van der Waals surface area contributed by atoms with Crippen LogP contribution in [0.5, 0.6) is 0 Å². The van der Waals surface area contributed by atoms with Gasteiger partial charge in [-0.1, -0.05) is 19.8 Å². The predicted octanol–water partition coefficient (Wildman–Crippen LogP) is 4.86. The van der Waals surface area contributed by atoms with Crippen LogP contribution in [0.4, 0.5) is 0 Å². The Morgan fingerprint density at radius 3 is 1.50 bits per heavy atom. The molecule has 0 bridgehead atoms. The molecule has 0 saturated heterocycles. The quantitative estimate of drug-likeness (QED) is 0.513. The summed E-state index contributed by atoms with van der Waals surface area (Å²) in [6.45, 7) is 0.366. The van der Waals surface area contributed by atoms with E-state index in [0.717, 1.165) is 18.9 Å². The monoisotopic (exact) mass is 324 g/mol. The van der Waals surface area contributed by atoms with E-state index in [9.17, 15) is 0 Å². The van der Waals surface area contributed by atoms with Crippen molar-refractivity contribution in [3.8, 4) is 0 Å². The Bertz CT molecular complexity index is 89.3. The van der Waals surface area contributed by atoms with Crippen molar-refractivity contribution in [3.63, 3.8) is 0 Å². The van der Waals surface area contributed by atoms with Gasteiger partial charge >= 0.3 is 12.7 Å². The van der Waals surface area contributed by atoms with Crippen LogP contribution in [0.3, 0.4) is 0 Å². The summed E-state index contributed by atoms with van der Waals surface area (Å²) in [6, 6.07) is -1.46. The first-order valence-electron chi connectivity index (χ1n) is 3.28. The molecule has 0 aromatic rings. The fourth-order valence-corrected chi connectivity index (χ4v) is 2.33. The van der Waals surface area contributed by atoms with Crippen LogP contribution in [0.15, 0.2) is 0 Å². The second-order valence-corrected chi connectivity index (χ2v) is 17.7. The van der Waals surface area contributed by atoms with E-state index < -0.39 is 12.7 Å². The van der Waals surface area contributed by atoms with Gasteiger partial charge in [0.15, 0.2) is 0 Å². The molecule has 0 nitrogen and oxygen atoms in total. The van der Waals surface area contributed by atoms with Crippen LogP contribution in [-0.2, 0) is 0 Å². The number of rotatable bonds is 3. The zero-order valence-electron chi connectivity index (χ0n) is 6.47. The van der Waals surface area contributed by atoms with Gasteiger partial charge in [-0.25, -0.2) is 0 Å². The molecule has 0 N–H and O–H groups in total. The average Bonchev–Trinajstić information content (AvgIpc) is 1.80.